The van der Waals surface area contributed by atoms with Gasteiger partial charge in [0.25, 0.3) is 0 Å². The molecule has 1 atom stereocenters. The largest absolute Gasteiger partial charge is 0.491 e. The second-order valence-corrected chi connectivity index (χ2v) is 6.30. The summed E-state index contributed by atoms with van der Waals surface area (Å²) in [5, 5.41) is 2.91. The molecule has 3 rings (SSSR count). The number of anilines is 2. The number of carbonyl (C=O) groups is 1. The molecular weight excluding hydrogens is 334 g/mol. The van der Waals surface area contributed by atoms with Gasteiger partial charge in [-0.1, -0.05) is 18.2 Å². The molecule has 0 bridgehead atoms. The molecule has 26 heavy (non-hydrogen) atoms. The number of hydrogen-bond acceptors (Lipinski definition) is 6. The van der Waals surface area contributed by atoms with Crippen molar-refractivity contribution in [2.75, 3.05) is 38.0 Å². The Balaban J connectivity index is 1.88. The first-order valence-corrected chi connectivity index (χ1v) is 8.36. The fraction of sp³-hybridized carbons (Fsp3) is 0.389. The Morgan fingerprint density at radius 1 is 1.35 bits per heavy atom. The summed E-state index contributed by atoms with van der Waals surface area (Å²) < 4.78 is 11.1. The summed E-state index contributed by atoms with van der Waals surface area (Å²) in [6, 6.07) is 7.39. The highest BCUT2D eigenvalue weighted by atomic mass is 16.5. The molecule has 1 unspecified atom stereocenters. The summed E-state index contributed by atoms with van der Waals surface area (Å²) in [4.78, 5) is 24.9. The molecule has 1 aromatic carbocycles. The molecule has 2 amide bonds. The zero-order valence-electron chi connectivity index (χ0n) is 15.4. The molecule has 1 aromatic heterocycles. The van der Waals surface area contributed by atoms with Crippen molar-refractivity contribution < 1.29 is 14.3 Å². The van der Waals surface area contributed by atoms with Crippen molar-refractivity contribution in [3.05, 3.63) is 36.2 Å². The Kier molecular flexibility index (Phi) is 5.11. The maximum atomic E-state index is 13.0. The number of rotatable bonds is 3. The van der Waals surface area contributed by atoms with Crippen LogP contribution in [0, 0.1) is 0 Å². The van der Waals surface area contributed by atoms with Crippen molar-refractivity contribution in [1.29, 1.82) is 0 Å². The van der Waals surface area contributed by atoms with Crippen LogP contribution in [0.15, 0.2) is 30.6 Å². The average molecular weight is 357 g/mol. The van der Waals surface area contributed by atoms with Gasteiger partial charge < -0.3 is 19.3 Å². The van der Waals surface area contributed by atoms with E-state index in [0.717, 1.165) is 11.3 Å². The Morgan fingerprint density at radius 3 is 2.85 bits per heavy atom. The number of fused-ring (bicyclic) bond motifs is 1. The number of benzene rings is 1. The molecule has 2 heterocycles. The van der Waals surface area contributed by atoms with Crippen LogP contribution >= 0.6 is 0 Å². The molecule has 0 spiro atoms. The summed E-state index contributed by atoms with van der Waals surface area (Å²) in [5.41, 5.74) is 1.41. The minimum absolute atomic E-state index is 0.0965. The predicted octanol–water partition coefficient (Wildman–Crippen LogP) is 2.37. The zero-order valence-corrected chi connectivity index (χ0v) is 15.4. The molecule has 0 fully saturated rings. The third kappa shape index (κ3) is 3.49. The van der Waals surface area contributed by atoms with Crippen LogP contribution in [0.3, 0.4) is 0 Å². The quantitative estimate of drug-likeness (QED) is 0.908. The molecule has 8 nitrogen and oxygen atoms in total. The Labute approximate surface area is 152 Å². The number of carbonyl (C=O) groups excluding carboxylic acids is 1. The van der Waals surface area contributed by atoms with Gasteiger partial charge in [0.1, 0.15) is 24.4 Å². The van der Waals surface area contributed by atoms with Gasteiger partial charge in [-0.25, -0.2) is 9.78 Å². The van der Waals surface area contributed by atoms with Crippen LogP contribution in [0.5, 0.6) is 11.6 Å². The molecule has 1 aliphatic rings. The van der Waals surface area contributed by atoms with Gasteiger partial charge in [-0.15, -0.1) is 0 Å². The molecule has 2 aromatic rings. The van der Waals surface area contributed by atoms with Crippen molar-refractivity contribution in [3.8, 4) is 11.6 Å². The van der Waals surface area contributed by atoms with Gasteiger partial charge in [-0.2, -0.15) is 4.98 Å². The number of hydrogen-bond donors (Lipinski definition) is 1. The first kappa shape index (κ1) is 17.8. The fourth-order valence-electron chi connectivity index (χ4n) is 2.83. The van der Waals surface area contributed by atoms with E-state index in [4.69, 9.17) is 9.47 Å². The molecule has 0 saturated heterocycles. The lowest BCUT2D eigenvalue weighted by atomic mass is 10.2. The molecule has 1 aliphatic heterocycles. The molecular formula is C18H23N5O3. The minimum atomic E-state index is -0.256. The molecule has 0 radical (unpaired) electrons. The first-order valence-electron chi connectivity index (χ1n) is 8.36. The molecule has 138 valence electrons. The van der Waals surface area contributed by atoms with Gasteiger partial charge in [0.2, 0.25) is 5.88 Å². The number of para-hydroxylation sites is 1. The summed E-state index contributed by atoms with van der Waals surface area (Å²) in [7, 11) is 5.20. The number of nitrogens with one attached hydrogen (secondary N) is 1. The van der Waals surface area contributed by atoms with Crippen molar-refractivity contribution in [1.82, 2.24) is 14.9 Å². The lowest BCUT2D eigenvalue weighted by molar-refractivity contribution is 0.167. The molecule has 0 saturated carbocycles. The van der Waals surface area contributed by atoms with E-state index in [1.807, 2.05) is 45.3 Å². The summed E-state index contributed by atoms with van der Waals surface area (Å²) in [6.45, 7) is 2.83. The molecule has 8 heteroatoms. The fourth-order valence-corrected chi connectivity index (χ4v) is 2.83. The van der Waals surface area contributed by atoms with Crippen molar-refractivity contribution in [3.63, 3.8) is 0 Å². The van der Waals surface area contributed by atoms with Crippen molar-refractivity contribution >= 4 is 17.5 Å². The molecule has 1 N–H and O–H groups in total. The topological polar surface area (TPSA) is 79.8 Å². The monoisotopic (exact) mass is 357 g/mol. The SMILES string of the molecule is COc1ncnc(N(C)C)c1NC(=O)N1Cc2ccccc2OCC1C. The van der Waals surface area contributed by atoms with E-state index in [-0.39, 0.29) is 12.1 Å². The average Bonchev–Trinajstić information content (AvgIpc) is 2.81. The van der Waals surface area contributed by atoms with E-state index in [1.165, 1.54) is 13.4 Å². The van der Waals surface area contributed by atoms with Gasteiger partial charge in [0.05, 0.1) is 19.7 Å². The van der Waals surface area contributed by atoms with Crippen LogP contribution in [0.4, 0.5) is 16.3 Å². The Bertz CT molecular complexity index is 796. The van der Waals surface area contributed by atoms with E-state index < -0.39 is 0 Å². The maximum absolute atomic E-state index is 13.0. The van der Waals surface area contributed by atoms with Gasteiger partial charge in [-0.3, -0.25) is 5.32 Å². The third-order valence-corrected chi connectivity index (χ3v) is 4.23. The highest BCUT2D eigenvalue weighted by molar-refractivity contribution is 5.94. The van der Waals surface area contributed by atoms with E-state index >= 15 is 0 Å². The van der Waals surface area contributed by atoms with E-state index in [9.17, 15) is 4.79 Å². The van der Waals surface area contributed by atoms with Crippen LogP contribution < -0.4 is 19.7 Å². The van der Waals surface area contributed by atoms with Crippen LogP contribution in [0.1, 0.15) is 12.5 Å². The van der Waals surface area contributed by atoms with Gasteiger partial charge in [0, 0.05) is 19.7 Å². The Morgan fingerprint density at radius 2 is 2.12 bits per heavy atom. The summed E-state index contributed by atoms with van der Waals surface area (Å²) in [5.74, 6) is 1.70. The summed E-state index contributed by atoms with van der Waals surface area (Å²) >= 11 is 0. The van der Waals surface area contributed by atoms with E-state index in [2.05, 4.69) is 15.3 Å². The standard InChI is InChI=1S/C18H23N5O3/c1-12-10-26-14-8-6-5-7-13(14)9-23(12)18(24)21-15-16(22(2)3)19-11-20-17(15)25-4/h5-8,11-12H,9-10H2,1-4H3,(H,21,24). The first-order chi connectivity index (χ1) is 12.5. The zero-order chi connectivity index (χ0) is 18.7. The number of aromatic nitrogens is 2. The molecule has 0 aliphatic carbocycles. The van der Waals surface area contributed by atoms with Gasteiger partial charge in [-0.05, 0) is 13.0 Å². The number of methoxy groups -OCH3 is 1. The van der Waals surface area contributed by atoms with Crippen LogP contribution in [0.25, 0.3) is 0 Å². The van der Waals surface area contributed by atoms with Crippen molar-refractivity contribution in [2.24, 2.45) is 0 Å². The normalized spacial score (nSPS) is 16.2. The van der Waals surface area contributed by atoms with Crippen LogP contribution in [-0.4, -0.2) is 54.8 Å². The number of urea groups is 1. The smallest absolute Gasteiger partial charge is 0.322 e. The van der Waals surface area contributed by atoms with E-state index in [1.54, 1.807) is 9.80 Å². The predicted molar refractivity (Wildman–Crippen MR) is 98.9 cm³/mol. The van der Waals surface area contributed by atoms with E-state index in [0.29, 0.717) is 30.5 Å². The lowest BCUT2D eigenvalue weighted by Crippen LogP contribution is -2.42. The van der Waals surface area contributed by atoms with Crippen LogP contribution in [-0.2, 0) is 6.54 Å². The van der Waals surface area contributed by atoms with Gasteiger partial charge >= 0.3 is 6.03 Å². The lowest BCUT2D eigenvalue weighted by Gasteiger charge is -2.27. The highest BCUT2D eigenvalue weighted by Gasteiger charge is 2.27. The Hall–Kier alpha value is -3.03. The van der Waals surface area contributed by atoms with Gasteiger partial charge in [0.15, 0.2) is 5.82 Å². The minimum Gasteiger partial charge on any atom is -0.491 e. The number of amides is 2. The van der Waals surface area contributed by atoms with Crippen molar-refractivity contribution in [2.45, 2.75) is 19.5 Å². The number of ether oxygens (including phenoxy) is 2. The maximum Gasteiger partial charge on any atom is 0.322 e. The second-order valence-electron chi connectivity index (χ2n) is 6.30. The highest BCUT2D eigenvalue weighted by Crippen LogP contribution is 2.31. The van der Waals surface area contributed by atoms with Crippen LogP contribution in [0.2, 0.25) is 0 Å². The second kappa shape index (κ2) is 7.47. The third-order valence-electron chi connectivity index (χ3n) is 4.23. The number of nitrogens with zero attached hydrogens (tertiary/aromatic N) is 4. The summed E-state index contributed by atoms with van der Waals surface area (Å²) in [6.07, 6.45) is 1.41.